The third-order valence-corrected chi connectivity index (χ3v) is 6.87. The zero-order valence-corrected chi connectivity index (χ0v) is 19.6. The number of halogens is 2. The summed E-state index contributed by atoms with van der Waals surface area (Å²) in [6, 6.07) is 10.9. The van der Waals surface area contributed by atoms with E-state index in [2.05, 4.69) is 27.4 Å². The van der Waals surface area contributed by atoms with E-state index < -0.39 is 11.4 Å². The average molecular weight is 469 g/mol. The number of likely N-dealkylation sites (tertiary alicyclic amines) is 1. The first-order valence-electron chi connectivity index (χ1n) is 11.1. The molecule has 2 aliphatic rings. The molecule has 2 heterocycles. The molecule has 2 aromatic carbocycles. The van der Waals surface area contributed by atoms with Crippen LogP contribution in [0.3, 0.4) is 0 Å². The molecular weight excluding hydrogens is 443 g/mol. The molecule has 0 radical (unpaired) electrons. The first-order valence-corrected chi connectivity index (χ1v) is 11.5. The number of fused-ring (bicyclic) bond motifs is 1. The van der Waals surface area contributed by atoms with Crippen molar-refractivity contribution in [2.24, 2.45) is 0 Å². The Balaban J connectivity index is 1.36. The van der Waals surface area contributed by atoms with Crippen LogP contribution in [0.4, 0.5) is 20.7 Å². The lowest BCUT2D eigenvalue weighted by Gasteiger charge is -2.61. The van der Waals surface area contributed by atoms with Crippen LogP contribution in [0.25, 0.3) is 10.9 Å². The van der Waals surface area contributed by atoms with Crippen LogP contribution in [0, 0.1) is 5.82 Å². The van der Waals surface area contributed by atoms with E-state index in [9.17, 15) is 9.18 Å². The number of ether oxygens (including phenoxy) is 1. The van der Waals surface area contributed by atoms with Crippen molar-refractivity contribution in [2.45, 2.75) is 57.1 Å². The number of rotatable bonds is 3. The Morgan fingerprint density at radius 3 is 2.73 bits per heavy atom. The molecule has 1 saturated heterocycles. The van der Waals surface area contributed by atoms with Gasteiger partial charge in [0.25, 0.3) is 0 Å². The van der Waals surface area contributed by atoms with Crippen molar-refractivity contribution in [3.8, 4) is 0 Å². The number of hydrogen-bond acceptors (Lipinski definition) is 5. The van der Waals surface area contributed by atoms with Crippen molar-refractivity contribution in [1.29, 1.82) is 0 Å². The molecule has 3 aromatic rings. The van der Waals surface area contributed by atoms with E-state index in [0.29, 0.717) is 11.7 Å². The van der Waals surface area contributed by atoms with Gasteiger partial charge in [0.1, 0.15) is 17.7 Å². The van der Waals surface area contributed by atoms with Crippen LogP contribution in [0.2, 0.25) is 5.02 Å². The molecule has 172 valence electrons. The maximum Gasteiger partial charge on any atom is 0.410 e. The molecule has 1 amide bonds. The number of carbonyl (C=O) groups is 1. The Bertz CT molecular complexity index is 1240. The Morgan fingerprint density at radius 1 is 1.24 bits per heavy atom. The Hall–Kier alpha value is -2.93. The summed E-state index contributed by atoms with van der Waals surface area (Å²) in [6.45, 7) is 6.41. The lowest BCUT2D eigenvalue weighted by molar-refractivity contribution is -0.0880. The van der Waals surface area contributed by atoms with Gasteiger partial charge in [-0.25, -0.2) is 19.2 Å². The summed E-state index contributed by atoms with van der Waals surface area (Å²) < 4.78 is 20.0. The normalized spacial score (nSPS) is 22.1. The highest BCUT2D eigenvalue weighted by atomic mass is 35.5. The lowest BCUT2D eigenvalue weighted by Crippen LogP contribution is -2.68. The van der Waals surface area contributed by atoms with Gasteiger partial charge in [-0.05, 0) is 75.8 Å². The minimum absolute atomic E-state index is 0.0499. The number of nitrogens with zero attached hydrogens (tertiary/aromatic N) is 3. The Labute approximate surface area is 197 Å². The average Bonchev–Trinajstić information content (AvgIpc) is 2.68. The molecule has 1 aliphatic heterocycles. The number of nitrogens with one attached hydrogen (secondary N) is 1. The fourth-order valence-electron chi connectivity index (χ4n) is 4.82. The van der Waals surface area contributed by atoms with Crippen molar-refractivity contribution in [3.05, 3.63) is 59.1 Å². The maximum absolute atomic E-state index is 14.4. The molecule has 8 heteroatoms. The molecule has 5 rings (SSSR count). The van der Waals surface area contributed by atoms with Crippen LogP contribution in [0.5, 0.6) is 0 Å². The fourth-order valence-corrected chi connectivity index (χ4v) is 4.99. The van der Waals surface area contributed by atoms with Gasteiger partial charge in [-0.15, -0.1) is 0 Å². The molecule has 0 atom stereocenters. The molecular formula is C25H26ClFN4O2. The predicted octanol–water partition coefficient (Wildman–Crippen LogP) is 6.42. The highest BCUT2D eigenvalue weighted by molar-refractivity contribution is 6.31. The van der Waals surface area contributed by atoms with E-state index in [4.69, 9.17) is 16.3 Å². The molecule has 1 saturated carbocycles. The number of carbonyl (C=O) groups excluding carboxylic acids is 1. The minimum Gasteiger partial charge on any atom is -0.444 e. The lowest BCUT2D eigenvalue weighted by atomic mass is 9.59. The van der Waals surface area contributed by atoms with Gasteiger partial charge in [0.05, 0.1) is 16.2 Å². The van der Waals surface area contributed by atoms with Crippen LogP contribution in [0.1, 0.15) is 51.5 Å². The molecule has 1 N–H and O–H groups in total. The van der Waals surface area contributed by atoms with Crippen molar-refractivity contribution in [3.63, 3.8) is 0 Å². The summed E-state index contributed by atoms with van der Waals surface area (Å²) in [5.41, 5.74) is 1.60. The molecule has 1 aromatic heterocycles. The highest BCUT2D eigenvalue weighted by Crippen LogP contribution is 2.55. The van der Waals surface area contributed by atoms with Crippen LogP contribution in [0.15, 0.2) is 42.7 Å². The Kier molecular flexibility index (Phi) is 5.20. The zero-order valence-electron chi connectivity index (χ0n) is 18.9. The smallest absolute Gasteiger partial charge is 0.410 e. The molecule has 1 aliphatic carbocycles. The van der Waals surface area contributed by atoms with Crippen LogP contribution < -0.4 is 5.32 Å². The van der Waals surface area contributed by atoms with Crippen molar-refractivity contribution >= 4 is 40.1 Å². The van der Waals surface area contributed by atoms with Crippen molar-refractivity contribution < 1.29 is 13.9 Å². The molecule has 2 fully saturated rings. The summed E-state index contributed by atoms with van der Waals surface area (Å²) in [5.74, 6) is 0.335. The SMILES string of the molecule is CC(C)(C)OC(=O)N1CCC12CC(c1ccc3ncnc(Nc4cccc(Cl)c4F)c3c1)C2. The number of anilines is 2. The van der Waals surface area contributed by atoms with Crippen LogP contribution in [-0.2, 0) is 4.74 Å². The fraction of sp³-hybridized carbons (Fsp3) is 0.400. The second-order valence-corrected chi connectivity index (χ2v) is 10.3. The van der Waals surface area contributed by atoms with Crippen LogP contribution >= 0.6 is 11.6 Å². The topological polar surface area (TPSA) is 67.3 Å². The first kappa shape index (κ1) is 21.9. The molecule has 1 spiro atoms. The van der Waals surface area contributed by atoms with Gasteiger partial charge >= 0.3 is 6.09 Å². The highest BCUT2D eigenvalue weighted by Gasteiger charge is 2.56. The monoisotopic (exact) mass is 468 g/mol. The maximum atomic E-state index is 14.4. The van der Waals surface area contributed by atoms with Gasteiger partial charge in [-0.1, -0.05) is 23.7 Å². The van der Waals surface area contributed by atoms with Gasteiger partial charge in [0, 0.05) is 17.5 Å². The van der Waals surface area contributed by atoms with E-state index in [1.807, 2.05) is 31.7 Å². The Morgan fingerprint density at radius 2 is 2.03 bits per heavy atom. The summed E-state index contributed by atoms with van der Waals surface area (Å²) in [7, 11) is 0. The number of hydrogen-bond donors (Lipinski definition) is 1. The van der Waals surface area contributed by atoms with E-state index >= 15 is 0 Å². The second-order valence-electron chi connectivity index (χ2n) is 9.94. The van der Waals surface area contributed by atoms with Gasteiger partial charge in [0.15, 0.2) is 5.82 Å². The van der Waals surface area contributed by atoms with Gasteiger partial charge in [0.2, 0.25) is 0 Å². The van der Waals surface area contributed by atoms with Gasteiger partial charge in [-0.3, -0.25) is 0 Å². The zero-order chi connectivity index (χ0) is 23.4. The van der Waals surface area contributed by atoms with Crippen LogP contribution in [-0.4, -0.2) is 38.6 Å². The predicted molar refractivity (Wildman–Crippen MR) is 126 cm³/mol. The minimum atomic E-state index is -0.518. The largest absolute Gasteiger partial charge is 0.444 e. The first-order chi connectivity index (χ1) is 15.7. The van der Waals surface area contributed by atoms with E-state index in [1.54, 1.807) is 12.1 Å². The van der Waals surface area contributed by atoms with E-state index in [0.717, 1.165) is 42.3 Å². The molecule has 33 heavy (non-hydrogen) atoms. The van der Waals surface area contributed by atoms with E-state index in [-0.39, 0.29) is 22.3 Å². The standard InChI is InChI=1S/C25H26ClFN4O2/c1-24(2,3)33-23(32)31-10-9-25(31)12-16(13-25)15-7-8-19-17(11-15)22(29-14-28-19)30-20-6-4-5-18(26)21(20)27/h4-8,11,14,16H,9-10,12-13H2,1-3H3,(H,28,29,30). The quantitative estimate of drug-likeness (QED) is 0.480. The summed E-state index contributed by atoms with van der Waals surface area (Å²) in [4.78, 5) is 23.2. The third kappa shape index (κ3) is 3.99. The molecule has 6 nitrogen and oxygen atoms in total. The summed E-state index contributed by atoms with van der Waals surface area (Å²) in [5, 5.41) is 3.92. The van der Waals surface area contributed by atoms with Gasteiger partial charge in [-0.2, -0.15) is 0 Å². The molecule has 0 bridgehead atoms. The molecule has 0 unspecified atom stereocenters. The van der Waals surface area contributed by atoms with E-state index in [1.165, 1.54) is 12.4 Å². The number of amides is 1. The summed E-state index contributed by atoms with van der Waals surface area (Å²) >= 11 is 5.92. The third-order valence-electron chi connectivity index (χ3n) is 6.58. The van der Waals surface area contributed by atoms with Crippen molar-refractivity contribution in [2.75, 3.05) is 11.9 Å². The van der Waals surface area contributed by atoms with Gasteiger partial charge < -0.3 is 15.0 Å². The number of aromatic nitrogens is 2. The van der Waals surface area contributed by atoms with Crippen molar-refractivity contribution in [1.82, 2.24) is 14.9 Å². The number of benzene rings is 2. The summed E-state index contributed by atoms with van der Waals surface area (Å²) in [6.07, 6.45) is 4.03. The second kappa shape index (κ2) is 7.83.